The number of nitrogens with zero attached hydrogens (tertiary/aromatic N) is 4. The molecule has 33 heavy (non-hydrogen) atoms. The molecule has 1 fully saturated rings. The summed E-state index contributed by atoms with van der Waals surface area (Å²) in [6, 6.07) is 14.7. The fraction of sp³-hybridized carbons (Fsp3) is 0.261. The lowest BCUT2D eigenvalue weighted by atomic mass is 10.2. The van der Waals surface area contributed by atoms with Crippen molar-refractivity contribution < 1.29 is 17.6 Å². The number of aromatic nitrogens is 2. The average molecular weight is 471 g/mol. The van der Waals surface area contributed by atoms with E-state index in [-0.39, 0.29) is 28.2 Å². The lowest BCUT2D eigenvalue weighted by Gasteiger charge is -2.36. The van der Waals surface area contributed by atoms with Gasteiger partial charge in [-0.2, -0.15) is 5.10 Å². The number of sulfone groups is 1. The Morgan fingerprint density at radius 3 is 2.21 bits per heavy atom. The molecule has 0 aliphatic carbocycles. The summed E-state index contributed by atoms with van der Waals surface area (Å²) in [5, 5.41) is 3.68. The van der Waals surface area contributed by atoms with E-state index in [0.29, 0.717) is 26.2 Å². The number of hydrogen-bond donors (Lipinski definition) is 0. The van der Waals surface area contributed by atoms with E-state index < -0.39 is 15.4 Å². The van der Waals surface area contributed by atoms with Crippen LogP contribution >= 0.6 is 0 Å². The summed E-state index contributed by atoms with van der Waals surface area (Å²) in [5.74, 6) is -0.634. The summed E-state index contributed by atoms with van der Waals surface area (Å²) < 4.78 is 39.8. The van der Waals surface area contributed by atoms with Gasteiger partial charge in [0.25, 0.3) is 5.56 Å². The van der Waals surface area contributed by atoms with Crippen molar-refractivity contribution in [2.45, 2.75) is 23.4 Å². The molecule has 1 amide bonds. The van der Waals surface area contributed by atoms with Crippen molar-refractivity contribution in [2.24, 2.45) is 0 Å². The highest BCUT2D eigenvalue weighted by Crippen LogP contribution is 2.19. The minimum absolute atomic E-state index is 0.0639. The van der Waals surface area contributed by atoms with Crippen LogP contribution in [0.15, 0.2) is 75.4 Å². The molecule has 2 heterocycles. The topological polar surface area (TPSA) is 92.6 Å². The molecule has 172 valence electrons. The van der Waals surface area contributed by atoms with E-state index in [1.54, 1.807) is 29.2 Å². The SMILES string of the molecule is Cc1ccc(S(=O)(=O)c2ccc(=O)n(CC(=O)N3CCN(c4ccc(F)cc4)CC3)n2)cc1. The van der Waals surface area contributed by atoms with Crippen LogP contribution in [0.5, 0.6) is 0 Å². The first-order valence-corrected chi connectivity index (χ1v) is 11.9. The molecular weight excluding hydrogens is 447 g/mol. The molecule has 1 saturated heterocycles. The first-order valence-electron chi connectivity index (χ1n) is 10.4. The molecule has 0 unspecified atom stereocenters. The molecule has 0 N–H and O–H groups in total. The van der Waals surface area contributed by atoms with Crippen LogP contribution in [0.2, 0.25) is 0 Å². The van der Waals surface area contributed by atoms with Crippen LogP contribution in [0, 0.1) is 12.7 Å². The Balaban J connectivity index is 1.46. The Bertz CT molecular complexity index is 1310. The monoisotopic (exact) mass is 470 g/mol. The number of piperazine rings is 1. The third-order valence-corrected chi connectivity index (χ3v) is 7.22. The van der Waals surface area contributed by atoms with Crippen LogP contribution in [-0.4, -0.2) is 55.2 Å². The summed E-state index contributed by atoms with van der Waals surface area (Å²) in [7, 11) is -3.93. The molecule has 4 rings (SSSR count). The molecule has 0 saturated carbocycles. The second kappa shape index (κ2) is 9.14. The zero-order chi connectivity index (χ0) is 23.6. The van der Waals surface area contributed by atoms with E-state index in [4.69, 9.17) is 0 Å². The molecule has 8 nitrogen and oxygen atoms in total. The average Bonchev–Trinajstić information content (AvgIpc) is 2.81. The first-order chi connectivity index (χ1) is 15.7. The first kappa shape index (κ1) is 22.7. The lowest BCUT2D eigenvalue weighted by Crippen LogP contribution is -2.50. The second-order valence-electron chi connectivity index (χ2n) is 7.83. The van der Waals surface area contributed by atoms with Crippen LogP contribution in [0.3, 0.4) is 0 Å². The third kappa shape index (κ3) is 4.95. The van der Waals surface area contributed by atoms with Crippen LogP contribution < -0.4 is 10.5 Å². The van der Waals surface area contributed by atoms with Gasteiger partial charge >= 0.3 is 0 Å². The highest BCUT2D eigenvalue weighted by atomic mass is 32.2. The summed E-state index contributed by atoms with van der Waals surface area (Å²) in [5.41, 5.74) is 1.23. The van der Waals surface area contributed by atoms with Crippen LogP contribution in [0.4, 0.5) is 10.1 Å². The van der Waals surface area contributed by atoms with Crippen LogP contribution in [0.1, 0.15) is 5.56 Å². The van der Waals surface area contributed by atoms with Crippen LogP contribution in [-0.2, 0) is 21.2 Å². The molecule has 0 atom stereocenters. The number of carbonyl (C=O) groups is 1. The van der Waals surface area contributed by atoms with Gasteiger partial charge in [-0.15, -0.1) is 0 Å². The van der Waals surface area contributed by atoms with E-state index in [1.165, 1.54) is 24.3 Å². The van der Waals surface area contributed by atoms with Gasteiger partial charge in [0.2, 0.25) is 15.7 Å². The molecule has 0 spiro atoms. The van der Waals surface area contributed by atoms with Crippen molar-refractivity contribution in [3.8, 4) is 0 Å². The zero-order valence-corrected chi connectivity index (χ0v) is 18.8. The summed E-state index contributed by atoms with van der Waals surface area (Å²) in [6.45, 7) is 3.45. The van der Waals surface area contributed by atoms with Gasteiger partial charge in [0, 0.05) is 37.9 Å². The zero-order valence-electron chi connectivity index (χ0n) is 18.0. The number of halogens is 1. The van der Waals surface area contributed by atoms with Gasteiger partial charge in [-0.05, 0) is 49.4 Å². The van der Waals surface area contributed by atoms with Gasteiger partial charge in [0.15, 0.2) is 5.03 Å². The van der Waals surface area contributed by atoms with Crippen molar-refractivity contribution >= 4 is 21.4 Å². The molecule has 1 aliphatic rings. The Kier molecular flexibility index (Phi) is 6.28. The predicted octanol–water partition coefficient (Wildman–Crippen LogP) is 1.87. The number of anilines is 1. The van der Waals surface area contributed by atoms with Gasteiger partial charge in [0.05, 0.1) is 4.90 Å². The maximum Gasteiger partial charge on any atom is 0.267 e. The Hall–Kier alpha value is -3.53. The number of aryl methyl sites for hydroxylation is 1. The minimum atomic E-state index is -3.93. The van der Waals surface area contributed by atoms with E-state index in [0.717, 1.165) is 28.1 Å². The molecular formula is C23H23FN4O4S. The van der Waals surface area contributed by atoms with Gasteiger partial charge in [-0.1, -0.05) is 17.7 Å². The standard InChI is InChI=1S/C23H23FN4O4S/c1-17-2-8-20(9-3-17)33(31,32)21-10-11-22(29)28(25-21)16-23(30)27-14-12-26(13-15-27)19-6-4-18(24)5-7-19/h2-11H,12-16H2,1H3. The molecule has 1 aliphatic heterocycles. The van der Waals surface area contributed by atoms with Crippen molar-refractivity contribution in [1.29, 1.82) is 0 Å². The fourth-order valence-corrected chi connectivity index (χ4v) is 4.81. The molecule has 1 aromatic heterocycles. The van der Waals surface area contributed by atoms with Gasteiger partial charge < -0.3 is 9.80 Å². The van der Waals surface area contributed by atoms with Crippen molar-refractivity contribution in [3.05, 3.63) is 82.4 Å². The van der Waals surface area contributed by atoms with E-state index in [9.17, 15) is 22.4 Å². The Morgan fingerprint density at radius 2 is 1.58 bits per heavy atom. The van der Waals surface area contributed by atoms with Crippen molar-refractivity contribution in [1.82, 2.24) is 14.7 Å². The van der Waals surface area contributed by atoms with Crippen LogP contribution in [0.25, 0.3) is 0 Å². The number of hydrogen-bond acceptors (Lipinski definition) is 6. The Labute approximate surface area is 190 Å². The van der Waals surface area contributed by atoms with E-state index >= 15 is 0 Å². The molecule has 10 heteroatoms. The molecule has 0 radical (unpaired) electrons. The van der Waals surface area contributed by atoms with Gasteiger partial charge in [-0.25, -0.2) is 17.5 Å². The normalized spacial score (nSPS) is 14.4. The molecule has 2 aromatic carbocycles. The number of rotatable bonds is 5. The number of benzene rings is 2. The second-order valence-corrected chi connectivity index (χ2v) is 9.72. The predicted molar refractivity (Wildman–Crippen MR) is 120 cm³/mol. The number of amides is 1. The van der Waals surface area contributed by atoms with Gasteiger partial charge in [0.1, 0.15) is 12.4 Å². The quantitative estimate of drug-likeness (QED) is 0.565. The molecule has 3 aromatic rings. The van der Waals surface area contributed by atoms with E-state index in [1.807, 2.05) is 11.8 Å². The highest BCUT2D eigenvalue weighted by Gasteiger charge is 2.24. The summed E-state index contributed by atoms with van der Waals surface area (Å²) in [6.07, 6.45) is 0. The van der Waals surface area contributed by atoms with E-state index in [2.05, 4.69) is 5.10 Å². The third-order valence-electron chi connectivity index (χ3n) is 5.56. The smallest absolute Gasteiger partial charge is 0.267 e. The highest BCUT2D eigenvalue weighted by molar-refractivity contribution is 7.91. The molecule has 0 bridgehead atoms. The van der Waals surface area contributed by atoms with Gasteiger partial charge in [-0.3, -0.25) is 9.59 Å². The maximum atomic E-state index is 13.1. The van der Waals surface area contributed by atoms with Crippen molar-refractivity contribution in [2.75, 3.05) is 31.1 Å². The summed E-state index contributed by atoms with van der Waals surface area (Å²) in [4.78, 5) is 28.8. The fourth-order valence-electron chi connectivity index (χ4n) is 3.62. The summed E-state index contributed by atoms with van der Waals surface area (Å²) >= 11 is 0. The lowest BCUT2D eigenvalue weighted by molar-refractivity contribution is -0.132. The number of carbonyl (C=O) groups excluding carboxylic acids is 1. The largest absolute Gasteiger partial charge is 0.368 e. The minimum Gasteiger partial charge on any atom is -0.368 e. The van der Waals surface area contributed by atoms with Crippen molar-refractivity contribution in [3.63, 3.8) is 0 Å². The maximum absolute atomic E-state index is 13.1. The Morgan fingerprint density at radius 1 is 0.939 bits per heavy atom.